The van der Waals surface area contributed by atoms with Crippen LogP contribution in [0, 0.1) is 17.6 Å². The fraction of sp³-hybridized carbons (Fsp3) is 0.417. The molecule has 1 aromatic rings. The summed E-state index contributed by atoms with van der Waals surface area (Å²) in [7, 11) is -4.34. The average Bonchev–Trinajstić information content (AvgIpc) is 2.31. The number of primary amides is 1. The number of carbonyl (C=O) groups excluding carboxylic acids is 1. The average molecular weight is 385 g/mol. The van der Waals surface area contributed by atoms with Gasteiger partial charge in [-0.15, -0.1) is 0 Å². The molecule has 0 aliphatic carbocycles. The largest absolute Gasteiger partial charge is 0.368 e. The van der Waals surface area contributed by atoms with Crippen molar-refractivity contribution in [3.05, 3.63) is 28.2 Å². The van der Waals surface area contributed by atoms with Crippen molar-refractivity contribution in [3.8, 4) is 0 Å². The molecule has 5 nitrogen and oxygen atoms in total. The number of nitrogens with two attached hydrogens (primary N) is 1. The number of hydrogen-bond donors (Lipinski definition) is 2. The number of hydrogen-bond acceptors (Lipinski definition) is 3. The molecule has 1 aromatic carbocycles. The molecule has 0 saturated heterocycles. The first kappa shape index (κ1) is 18.0. The summed E-state index contributed by atoms with van der Waals surface area (Å²) in [6.45, 7) is 3.55. The van der Waals surface area contributed by atoms with Crippen LogP contribution in [0.15, 0.2) is 21.5 Å². The second-order valence-electron chi connectivity index (χ2n) is 4.90. The SMILES string of the molecule is CC(C)CC(NS(=O)(=O)c1cc(Br)c(F)cc1F)C(N)=O. The third-order valence-electron chi connectivity index (χ3n) is 2.61. The quantitative estimate of drug-likeness (QED) is 0.734. The van der Waals surface area contributed by atoms with Crippen molar-refractivity contribution in [1.82, 2.24) is 4.72 Å². The van der Waals surface area contributed by atoms with Crippen LogP contribution in [0.3, 0.4) is 0 Å². The number of amides is 1. The molecule has 1 unspecified atom stereocenters. The lowest BCUT2D eigenvalue weighted by molar-refractivity contribution is -0.119. The van der Waals surface area contributed by atoms with Crippen molar-refractivity contribution in [2.24, 2.45) is 11.7 Å². The van der Waals surface area contributed by atoms with Crippen LogP contribution in [0.1, 0.15) is 20.3 Å². The van der Waals surface area contributed by atoms with E-state index < -0.39 is 38.5 Å². The molecule has 0 bridgehead atoms. The highest BCUT2D eigenvalue weighted by Gasteiger charge is 2.27. The maximum absolute atomic E-state index is 13.6. The Morgan fingerprint density at radius 3 is 2.38 bits per heavy atom. The molecule has 0 fully saturated rings. The Kier molecular flexibility index (Phi) is 5.83. The predicted molar refractivity (Wildman–Crippen MR) is 76.8 cm³/mol. The van der Waals surface area contributed by atoms with Crippen molar-refractivity contribution in [1.29, 1.82) is 0 Å². The Labute approximate surface area is 130 Å². The Balaban J connectivity index is 3.16. The van der Waals surface area contributed by atoms with E-state index in [2.05, 4.69) is 15.9 Å². The maximum atomic E-state index is 13.6. The van der Waals surface area contributed by atoms with Crippen molar-refractivity contribution in [2.45, 2.75) is 31.2 Å². The standard InChI is InChI=1S/C12H15BrF2N2O3S/c1-6(2)3-10(12(16)18)17-21(19,20)11-4-7(13)8(14)5-9(11)15/h4-6,10,17H,3H2,1-2H3,(H2,16,18). The first-order chi connectivity index (χ1) is 9.54. The number of sulfonamides is 1. The van der Waals surface area contributed by atoms with E-state index in [4.69, 9.17) is 5.73 Å². The second kappa shape index (κ2) is 6.80. The van der Waals surface area contributed by atoms with Crippen LogP contribution >= 0.6 is 15.9 Å². The summed E-state index contributed by atoms with van der Waals surface area (Å²) in [5.74, 6) is -3.06. The van der Waals surface area contributed by atoms with Crippen LogP contribution in [-0.4, -0.2) is 20.4 Å². The molecule has 1 atom stereocenters. The van der Waals surface area contributed by atoms with Crippen LogP contribution in [0.2, 0.25) is 0 Å². The summed E-state index contributed by atoms with van der Waals surface area (Å²) in [4.78, 5) is 10.5. The fourth-order valence-electron chi connectivity index (χ4n) is 1.65. The zero-order chi connectivity index (χ0) is 16.4. The molecule has 0 spiro atoms. The van der Waals surface area contributed by atoms with Gasteiger partial charge in [0.2, 0.25) is 15.9 Å². The summed E-state index contributed by atoms with van der Waals surface area (Å²) in [6, 6.07) is 0.0686. The third kappa shape index (κ3) is 4.72. The lowest BCUT2D eigenvalue weighted by atomic mass is 10.0. The van der Waals surface area contributed by atoms with Gasteiger partial charge in [0, 0.05) is 6.07 Å². The van der Waals surface area contributed by atoms with E-state index >= 15 is 0 Å². The molecule has 9 heteroatoms. The van der Waals surface area contributed by atoms with Crippen LogP contribution in [0.25, 0.3) is 0 Å². The molecular weight excluding hydrogens is 370 g/mol. The third-order valence-corrected chi connectivity index (χ3v) is 4.71. The van der Waals surface area contributed by atoms with Crippen molar-refractivity contribution < 1.29 is 22.0 Å². The molecule has 0 aromatic heterocycles. The Bertz CT molecular complexity index is 650. The lowest BCUT2D eigenvalue weighted by Crippen LogP contribution is -2.45. The van der Waals surface area contributed by atoms with Crippen LogP contribution in [-0.2, 0) is 14.8 Å². The number of benzene rings is 1. The fourth-order valence-corrected chi connectivity index (χ4v) is 3.45. The van der Waals surface area contributed by atoms with Gasteiger partial charge in [0.15, 0.2) is 0 Å². The zero-order valence-corrected chi connectivity index (χ0v) is 13.8. The van der Waals surface area contributed by atoms with Gasteiger partial charge in [-0.25, -0.2) is 17.2 Å². The molecule has 0 heterocycles. The monoisotopic (exact) mass is 384 g/mol. The molecule has 0 aliphatic heterocycles. The number of nitrogens with one attached hydrogen (secondary N) is 1. The summed E-state index contributed by atoms with van der Waals surface area (Å²) >= 11 is 2.78. The van der Waals surface area contributed by atoms with E-state index in [1.807, 2.05) is 4.72 Å². The summed E-state index contributed by atoms with van der Waals surface area (Å²) < 4.78 is 52.8. The molecule has 3 N–H and O–H groups in total. The van der Waals surface area contributed by atoms with Gasteiger partial charge >= 0.3 is 0 Å². The van der Waals surface area contributed by atoms with Crippen LogP contribution in [0.4, 0.5) is 8.78 Å². The lowest BCUT2D eigenvalue weighted by Gasteiger charge is -2.18. The van der Waals surface area contributed by atoms with E-state index in [0.29, 0.717) is 6.07 Å². The molecule has 0 radical (unpaired) electrons. The van der Waals surface area contributed by atoms with E-state index in [1.165, 1.54) is 0 Å². The highest BCUT2D eigenvalue weighted by molar-refractivity contribution is 9.10. The zero-order valence-electron chi connectivity index (χ0n) is 11.4. The van der Waals surface area contributed by atoms with Gasteiger partial charge in [0.1, 0.15) is 22.6 Å². The predicted octanol–water partition coefficient (Wildman–Crippen LogP) is 1.91. The molecule has 0 saturated carbocycles. The topological polar surface area (TPSA) is 89.3 Å². The first-order valence-corrected chi connectivity index (χ1v) is 8.28. The van der Waals surface area contributed by atoms with E-state index in [1.54, 1.807) is 13.8 Å². The highest BCUT2D eigenvalue weighted by Crippen LogP contribution is 2.23. The van der Waals surface area contributed by atoms with Crippen molar-refractivity contribution in [3.63, 3.8) is 0 Å². The minimum absolute atomic E-state index is 0.00463. The Morgan fingerprint density at radius 1 is 1.33 bits per heavy atom. The number of rotatable bonds is 6. The molecule has 1 rings (SSSR count). The molecular formula is C12H15BrF2N2O3S. The summed E-state index contributed by atoms with van der Waals surface area (Å²) in [6.07, 6.45) is 0.165. The maximum Gasteiger partial charge on any atom is 0.244 e. The number of halogens is 3. The Hall–Kier alpha value is -1.06. The minimum atomic E-state index is -4.34. The van der Waals surface area contributed by atoms with Crippen LogP contribution < -0.4 is 10.5 Å². The molecule has 0 aliphatic rings. The second-order valence-corrected chi connectivity index (χ2v) is 7.44. The van der Waals surface area contributed by atoms with Crippen molar-refractivity contribution in [2.75, 3.05) is 0 Å². The van der Waals surface area contributed by atoms with Gasteiger partial charge in [-0.1, -0.05) is 13.8 Å². The van der Waals surface area contributed by atoms with Gasteiger partial charge in [0.25, 0.3) is 0 Å². The van der Waals surface area contributed by atoms with Gasteiger partial charge < -0.3 is 5.73 Å². The number of carbonyl (C=O) groups is 1. The van der Waals surface area contributed by atoms with Crippen LogP contribution in [0.5, 0.6) is 0 Å². The minimum Gasteiger partial charge on any atom is -0.368 e. The first-order valence-electron chi connectivity index (χ1n) is 6.00. The summed E-state index contributed by atoms with van der Waals surface area (Å²) in [5, 5.41) is 0. The molecule has 21 heavy (non-hydrogen) atoms. The molecule has 1 amide bonds. The van der Waals surface area contributed by atoms with E-state index in [9.17, 15) is 22.0 Å². The van der Waals surface area contributed by atoms with Gasteiger partial charge in [-0.05, 0) is 34.3 Å². The highest BCUT2D eigenvalue weighted by atomic mass is 79.9. The summed E-state index contributed by atoms with van der Waals surface area (Å²) in [5.41, 5.74) is 5.13. The van der Waals surface area contributed by atoms with Gasteiger partial charge in [-0.2, -0.15) is 4.72 Å². The van der Waals surface area contributed by atoms with E-state index in [0.717, 1.165) is 6.07 Å². The Morgan fingerprint density at radius 2 is 1.90 bits per heavy atom. The normalized spacial score (nSPS) is 13.4. The van der Waals surface area contributed by atoms with Gasteiger partial charge in [-0.3, -0.25) is 4.79 Å². The molecule has 118 valence electrons. The smallest absolute Gasteiger partial charge is 0.244 e. The van der Waals surface area contributed by atoms with E-state index in [-0.39, 0.29) is 16.8 Å². The van der Waals surface area contributed by atoms with Gasteiger partial charge in [0.05, 0.1) is 4.47 Å². The van der Waals surface area contributed by atoms with Crippen molar-refractivity contribution >= 4 is 31.9 Å².